The van der Waals surface area contributed by atoms with Crippen molar-refractivity contribution in [3.05, 3.63) is 29.8 Å². The Morgan fingerprint density at radius 2 is 2.18 bits per heavy atom. The first-order valence-corrected chi connectivity index (χ1v) is 5.34. The second-order valence-electron chi connectivity index (χ2n) is 3.39. The molecule has 0 aliphatic heterocycles. The molecule has 0 atom stereocenters. The van der Waals surface area contributed by atoms with E-state index >= 15 is 0 Å². The quantitative estimate of drug-likeness (QED) is 0.597. The average Bonchev–Trinajstić information content (AvgIpc) is 2.34. The zero-order valence-corrected chi connectivity index (χ0v) is 9.93. The van der Waals surface area contributed by atoms with Crippen molar-refractivity contribution in [3.63, 3.8) is 0 Å². The van der Waals surface area contributed by atoms with Gasteiger partial charge < -0.3 is 9.84 Å². The van der Waals surface area contributed by atoms with Gasteiger partial charge in [-0.15, -0.1) is 0 Å². The smallest absolute Gasteiger partial charge is 0.266 e. The molecule has 17 heavy (non-hydrogen) atoms. The van der Waals surface area contributed by atoms with Gasteiger partial charge in [0.05, 0.1) is 5.71 Å². The molecule has 92 valence electrons. The van der Waals surface area contributed by atoms with Crippen LogP contribution >= 0.6 is 0 Å². The van der Waals surface area contributed by atoms with Crippen LogP contribution in [0.4, 0.5) is 0 Å². The lowest BCUT2D eigenvalue weighted by Gasteiger charge is -2.04. The Bertz CT molecular complexity index is 416. The summed E-state index contributed by atoms with van der Waals surface area (Å²) < 4.78 is 4.93. The van der Waals surface area contributed by atoms with E-state index in [1.54, 1.807) is 31.2 Å². The standard InChI is InChI=1S/C12H16N2O3/c1-3-17-8-12(16)14-13-9(2)10-6-4-5-7-11(10)15/h4-7,15H,3,8H2,1-2H3,(H,14,16)/b13-9+. The molecule has 1 rings (SSSR count). The van der Waals surface area contributed by atoms with Crippen LogP contribution in [-0.2, 0) is 9.53 Å². The third-order valence-corrected chi connectivity index (χ3v) is 2.08. The van der Waals surface area contributed by atoms with E-state index in [4.69, 9.17) is 4.74 Å². The lowest BCUT2D eigenvalue weighted by atomic mass is 10.1. The largest absolute Gasteiger partial charge is 0.507 e. The van der Waals surface area contributed by atoms with Crippen LogP contribution in [0, 0.1) is 0 Å². The van der Waals surface area contributed by atoms with Gasteiger partial charge in [-0.1, -0.05) is 12.1 Å². The van der Waals surface area contributed by atoms with Crippen molar-refractivity contribution in [2.75, 3.05) is 13.2 Å². The molecule has 0 bridgehead atoms. The first-order valence-electron chi connectivity index (χ1n) is 5.34. The number of ether oxygens (including phenoxy) is 1. The fourth-order valence-electron chi connectivity index (χ4n) is 1.21. The van der Waals surface area contributed by atoms with Crippen LogP contribution in [-0.4, -0.2) is 29.9 Å². The second-order valence-corrected chi connectivity index (χ2v) is 3.39. The molecular weight excluding hydrogens is 220 g/mol. The number of amides is 1. The predicted molar refractivity (Wildman–Crippen MR) is 65.0 cm³/mol. The molecule has 0 heterocycles. The topological polar surface area (TPSA) is 70.9 Å². The van der Waals surface area contributed by atoms with E-state index in [2.05, 4.69) is 10.5 Å². The summed E-state index contributed by atoms with van der Waals surface area (Å²) in [5.41, 5.74) is 3.48. The van der Waals surface area contributed by atoms with Crippen molar-refractivity contribution in [1.82, 2.24) is 5.43 Å². The minimum Gasteiger partial charge on any atom is -0.507 e. The molecule has 0 aromatic heterocycles. The van der Waals surface area contributed by atoms with Gasteiger partial charge in [0.25, 0.3) is 5.91 Å². The summed E-state index contributed by atoms with van der Waals surface area (Å²) >= 11 is 0. The molecule has 0 aliphatic rings. The molecular formula is C12H16N2O3. The highest BCUT2D eigenvalue weighted by Gasteiger charge is 2.04. The Kier molecular flexibility index (Phi) is 5.16. The fourth-order valence-corrected chi connectivity index (χ4v) is 1.21. The molecule has 0 unspecified atom stereocenters. The first-order chi connectivity index (χ1) is 8.15. The predicted octanol–water partition coefficient (Wildman–Crippen LogP) is 1.27. The number of carbonyl (C=O) groups is 1. The monoisotopic (exact) mass is 236 g/mol. The molecule has 1 amide bonds. The number of benzene rings is 1. The lowest BCUT2D eigenvalue weighted by molar-refractivity contribution is -0.125. The Morgan fingerprint density at radius 3 is 2.82 bits per heavy atom. The number of hydrogen-bond acceptors (Lipinski definition) is 4. The van der Waals surface area contributed by atoms with Crippen LogP contribution in [0.5, 0.6) is 5.75 Å². The summed E-state index contributed by atoms with van der Waals surface area (Å²) in [4.78, 5) is 11.2. The van der Waals surface area contributed by atoms with E-state index in [1.165, 1.54) is 0 Å². The molecule has 1 aromatic rings. The molecule has 0 fully saturated rings. The normalized spacial score (nSPS) is 11.3. The number of rotatable bonds is 5. The Balaban J connectivity index is 2.61. The van der Waals surface area contributed by atoms with Gasteiger partial charge in [0.2, 0.25) is 0 Å². The minimum atomic E-state index is -0.318. The van der Waals surface area contributed by atoms with Crippen LogP contribution in [0.25, 0.3) is 0 Å². The lowest BCUT2D eigenvalue weighted by Crippen LogP contribution is -2.24. The zero-order valence-electron chi connectivity index (χ0n) is 9.93. The van der Waals surface area contributed by atoms with Crippen LogP contribution in [0.1, 0.15) is 19.4 Å². The first kappa shape index (κ1) is 13.2. The number of aromatic hydroxyl groups is 1. The van der Waals surface area contributed by atoms with Crippen LogP contribution in [0.2, 0.25) is 0 Å². The van der Waals surface area contributed by atoms with E-state index in [0.29, 0.717) is 17.9 Å². The summed E-state index contributed by atoms with van der Waals surface area (Å²) in [5, 5.41) is 13.5. The number of nitrogens with zero attached hydrogens (tertiary/aromatic N) is 1. The Hall–Kier alpha value is -1.88. The minimum absolute atomic E-state index is 0.0198. The van der Waals surface area contributed by atoms with Gasteiger partial charge in [0, 0.05) is 12.2 Å². The van der Waals surface area contributed by atoms with Gasteiger partial charge in [0.15, 0.2) is 0 Å². The van der Waals surface area contributed by atoms with Crippen LogP contribution in [0.15, 0.2) is 29.4 Å². The average molecular weight is 236 g/mol. The van der Waals surface area contributed by atoms with Crippen molar-refractivity contribution < 1.29 is 14.6 Å². The van der Waals surface area contributed by atoms with Crippen molar-refractivity contribution in [2.45, 2.75) is 13.8 Å². The maximum absolute atomic E-state index is 11.2. The Labute approximate surface area is 100 Å². The van der Waals surface area contributed by atoms with Gasteiger partial charge in [-0.05, 0) is 26.0 Å². The van der Waals surface area contributed by atoms with Gasteiger partial charge in [-0.3, -0.25) is 4.79 Å². The number of para-hydroxylation sites is 1. The van der Waals surface area contributed by atoms with Crippen LogP contribution in [0.3, 0.4) is 0 Å². The number of carbonyl (C=O) groups excluding carboxylic acids is 1. The molecule has 5 heteroatoms. The number of nitrogens with one attached hydrogen (secondary N) is 1. The van der Waals surface area contributed by atoms with E-state index in [-0.39, 0.29) is 18.3 Å². The van der Waals surface area contributed by atoms with Crippen LogP contribution < -0.4 is 5.43 Å². The highest BCUT2D eigenvalue weighted by molar-refractivity contribution is 6.01. The van der Waals surface area contributed by atoms with E-state index in [0.717, 1.165) is 0 Å². The van der Waals surface area contributed by atoms with Crippen molar-refractivity contribution >= 4 is 11.6 Å². The van der Waals surface area contributed by atoms with Crippen molar-refractivity contribution in [1.29, 1.82) is 0 Å². The van der Waals surface area contributed by atoms with Crippen molar-refractivity contribution in [3.8, 4) is 5.75 Å². The number of hydrazone groups is 1. The summed E-state index contributed by atoms with van der Waals surface area (Å²) in [7, 11) is 0. The summed E-state index contributed by atoms with van der Waals surface area (Å²) in [5.74, 6) is -0.186. The summed E-state index contributed by atoms with van der Waals surface area (Å²) in [6.07, 6.45) is 0. The fraction of sp³-hybridized carbons (Fsp3) is 0.333. The number of phenols is 1. The second kappa shape index (κ2) is 6.65. The summed E-state index contributed by atoms with van der Waals surface area (Å²) in [6, 6.07) is 6.80. The zero-order chi connectivity index (χ0) is 12.7. The maximum Gasteiger partial charge on any atom is 0.266 e. The van der Waals surface area contributed by atoms with E-state index in [1.807, 2.05) is 6.92 Å². The number of hydrogen-bond donors (Lipinski definition) is 2. The van der Waals surface area contributed by atoms with E-state index < -0.39 is 0 Å². The van der Waals surface area contributed by atoms with Gasteiger partial charge in [-0.25, -0.2) is 5.43 Å². The van der Waals surface area contributed by atoms with E-state index in [9.17, 15) is 9.90 Å². The molecule has 0 spiro atoms. The number of phenolic OH excluding ortho intramolecular Hbond substituents is 1. The molecule has 0 saturated heterocycles. The van der Waals surface area contributed by atoms with Gasteiger partial charge >= 0.3 is 0 Å². The Morgan fingerprint density at radius 1 is 1.47 bits per heavy atom. The molecule has 0 aliphatic carbocycles. The molecule has 1 aromatic carbocycles. The SMILES string of the molecule is CCOCC(=O)N/N=C(\C)c1ccccc1O. The molecule has 2 N–H and O–H groups in total. The molecule has 5 nitrogen and oxygen atoms in total. The van der Waals surface area contributed by atoms with Gasteiger partial charge in [-0.2, -0.15) is 5.10 Å². The van der Waals surface area contributed by atoms with Crippen molar-refractivity contribution in [2.24, 2.45) is 5.10 Å². The molecule has 0 radical (unpaired) electrons. The maximum atomic E-state index is 11.2. The highest BCUT2D eigenvalue weighted by Crippen LogP contribution is 2.15. The summed E-state index contributed by atoms with van der Waals surface area (Å²) in [6.45, 7) is 3.98. The third kappa shape index (κ3) is 4.24. The molecule has 0 saturated carbocycles. The van der Waals surface area contributed by atoms with Gasteiger partial charge in [0.1, 0.15) is 12.4 Å². The third-order valence-electron chi connectivity index (χ3n) is 2.08. The highest BCUT2D eigenvalue weighted by atomic mass is 16.5.